The fraction of sp³-hybridized carbons (Fsp3) is 0.154. The van der Waals surface area contributed by atoms with E-state index in [2.05, 4.69) is 4.98 Å². The zero-order chi connectivity index (χ0) is 14.7. The maximum atomic E-state index is 11.7. The molecule has 0 aliphatic heterocycles. The number of hydrogen-bond donors (Lipinski definition) is 1. The van der Waals surface area contributed by atoms with Crippen LogP contribution >= 0.6 is 11.6 Å². The molecule has 0 fully saturated rings. The molecule has 6 nitrogen and oxygen atoms in total. The van der Waals surface area contributed by atoms with Gasteiger partial charge in [-0.2, -0.15) is 0 Å². The number of carbonyl (C=O) groups is 1. The summed E-state index contributed by atoms with van der Waals surface area (Å²) in [6.45, 7) is 1.87. The minimum Gasteiger partial charge on any atom is -0.462 e. The molecule has 0 aliphatic carbocycles. The van der Waals surface area contributed by atoms with Gasteiger partial charge in [-0.1, -0.05) is 11.6 Å². The molecule has 0 saturated carbocycles. The Morgan fingerprint density at radius 3 is 2.75 bits per heavy atom. The molecule has 0 aliphatic rings. The van der Waals surface area contributed by atoms with Crippen molar-refractivity contribution in [3.05, 3.63) is 61.9 Å². The van der Waals surface area contributed by atoms with Crippen molar-refractivity contribution in [3.8, 4) is 5.69 Å². The highest BCUT2D eigenvalue weighted by Crippen LogP contribution is 2.19. The molecule has 0 spiro atoms. The third kappa shape index (κ3) is 2.65. The fourth-order valence-electron chi connectivity index (χ4n) is 1.69. The quantitative estimate of drug-likeness (QED) is 0.867. The minimum absolute atomic E-state index is 0.0983. The molecule has 1 N–H and O–H groups in total. The van der Waals surface area contributed by atoms with Crippen LogP contribution in [0.15, 0.2) is 40.1 Å². The Morgan fingerprint density at radius 2 is 2.10 bits per heavy atom. The fourth-order valence-corrected chi connectivity index (χ4v) is 1.88. The van der Waals surface area contributed by atoms with Gasteiger partial charge in [0, 0.05) is 12.3 Å². The first-order chi connectivity index (χ1) is 9.54. The van der Waals surface area contributed by atoms with Crippen LogP contribution in [-0.2, 0) is 4.74 Å². The molecule has 2 rings (SSSR count). The average molecular weight is 295 g/mol. The molecule has 20 heavy (non-hydrogen) atoms. The molecule has 0 saturated heterocycles. The summed E-state index contributed by atoms with van der Waals surface area (Å²) in [7, 11) is 0. The van der Waals surface area contributed by atoms with Crippen LogP contribution in [-0.4, -0.2) is 22.1 Å². The molecule has 2 aromatic rings. The van der Waals surface area contributed by atoms with E-state index in [0.717, 1.165) is 4.57 Å². The molecule has 0 radical (unpaired) electrons. The van der Waals surface area contributed by atoms with Crippen molar-refractivity contribution in [2.24, 2.45) is 0 Å². The Bertz CT molecular complexity index is 735. The second-order valence-electron chi connectivity index (χ2n) is 3.84. The first-order valence-corrected chi connectivity index (χ1v) is 6.20. The van der Waals surface area contributed by atoms with Crippen LogP contribution in [0.25, 0.3) is 5.69 Å². The number of carbonyl (C=O) groups excluding carboxylic acids is 1. The molecule has 1 heterocycles. The van der Waals surface area contributed by atoms with Crippen molar-refractivity contribution in [2.45, 2.75) is 6.92 Å². The first kappa shape index (κ1) is 14.1. The molecular weight excluding hydrogens is 284 g/mol. The maximum absolute atomic E-state index is 11.7. The van der Waals surface area contributed by atoms with Gasteiger partial charge in [0.1, 0.15) is 0 Å². The smallest absolute Gasteiger partial charge is 0.339 e. The molecular formula is C13H11ClN2O4. The number of benzene rings is 1. The zero-order valence-electron chi connectivity index (χ0n) is 10.6. The highest BCUT2D eigenvalue weighted by Gasteiger charge is 2.14. The third-order valence-corrected chi connectivity index (χ3v) is 2.89. The maximum Gasteiger partial charge on any atom is 0.339 e. The summed E-state index contributed by atoms with van der Waals surface area (Å²) in [5, 5.41) is 0.188. The van der Waals surface area contributed by atoms with Crippen LogP contribution < -0.4 is 11.2 Å². The largest absolute Gasteiger partial charge is 0.462 e. The molecule has 0 atom stereocenters. The summed E-state index contributed by atoms with van der Waals surface area (Å²) in [4.78, 5) is 37.5. The van der Waals surface area contributed by atoms with E-state index < -0.39 is 17.2 Å². The number of nitrogens with zero attached hydrogens (tertiary/aromatic N) is 1. The second kappa shape index (κ2) is 5.75. The highest BCUT2D eigenvalue weighted by atomic mass is 35.5. The number of ether oxygens (including phenoxy) is 1. The van der Waals surface area contributed by atoms with E-state index in [1.54, 1.807) is 6.92 Å². The van der Waals surface area contributed by atoms with Crippen LogP contribution in [0.4, 0.5) is 0 Å². The van der Waals surface area contributed by atoms with Gasteiger partial charge in [0.05, 0.1) is 22.9 Å². The molecule has 1 aromatic carbocycles. The van der Waals surface area contributed by atoms with E-state index in [9.17, 15) is 14.4 Å². The molecule has 1 aromatic heterocycles. The standard InChI is InChI=1S/C13H11ClN2O4/c1-2-20-12(18)9-7-8(3-4-10(9)14)16-11(17)5-6-15-13(16)19/h3-7H,2H2,1H3,(H,15,19). The van der Waals surface area contributed by atoms with Crippen molar-refractivity contribution in [1.82, 2.24) is 9.55 Å². The van der Waals surface area contributed by atoms with E-state index in [1.165, 1.54) is 30.5 Å². The lowest BCUT2D eigenvalue weighted by Crippen LogP contribution is -2.32. The second-order valence-corrected chi connectivity index (χ2v) is 4.25. The summed E-state index contributed by atoms with van der Waals surface area (Å²) in [6.07, 6.45) is 1.25. The summed E-state index contributed by atoms with van der Waals surface area (Å²) >= 11 is 5.92. The predicted octanol–water partition coefficient (Wildman–Crippen LogP) is 1.36. The van der Waals surface area contributed by atoms with Gasteiger partial charge in [-0.05, 0) is 25.1 Å². The molecule has 0 bridgehead atoms. The number of nitrogens with one attached hydrogen (secondary N) is 1. The van der Waals surface area contributed by atoms with Crippen LogP contribution in [0.3, 0.4) is 0 Å². The summed E-state index contributed by atoms with van der Waals surface area (Å²) in [5.74, 6) is -0.611. The Balaban J connectivity index is 2.60. The van der Waals surface area contributed by atoms with Crippen molar-refractivity contribution >= 4 is 17.6 Å². The van der Waals surface area contributed by atoms with Crippen molar-refractivity contribution in [3.63, 3.8) is 0 Å². The van der Waals surface area contributed by atoms with Crippen LogP contribution in [0.1, 0.15) is 17.3 Å². The summed E-state index contributed by atoms with van der Waals surface area (Å²) in [5.41, 5.74) is -0.772. The molecule has 7 heteroatoms. The lowest BCUT2D eigenvalue weighted by molar-refractivity contribution is 0.0526. The number of aromatic amines is 1. The summed E-state index contributed by atoms with van der Waals surface area (Å²) < 4.78 is 5.77. The van der Waals surface area contributed by atoms with Gasteiger partial charge < -0.3 is 9.72 Å². The number of aromatic nitrogens is 2. The van der Waals surface area contributed by atoms with Gasteiger partial charge in [0.15, 0.2) is 0 Å². The van der Waals surface area contributed by atoms with Gasteiger partial charge in [0.2, 0.25) is 0 Å². The topological polar surface area (TPSA) is 81.2 Å². The van der Waals surface area contributed by atoms with Gasteiger partial charge in [-0.15, -0.1) is 0 Å². The number of H-pyrrole nitrogens is 1. The molecule has 104 valence electrons. The number of hydrogen-bond acceptors (Lipinski definition) is 4. The molecule has 0 unspecified atom stereocenters. The van der Waals surface area contributed by atoms with Crippen LogP contribution in [0.2, 0.25) is 5.02 Å². The van der Waals surface area contributed by atoms with Gasteiger partial charge >= 0.3 is 11.7 Å². The van der Waals surface area contributed by atoms with Crippen molar-refractivity contribution < 1.29 is 9.53 Å². The van der Waals surface area contributed by atoms with Crippen LogP contribution in [0, 0.1) is 0 Å². The third-order valence-electron chi connectivity index (χ3n) is 2.56. The Hall–Kier alpha value is -2.34. The Labute approximate surface area is 118 Å². The van der Waals surface area contributed by atoms with Crippen molar-refractivity contribution in [2.75, 3.05) is 6.61 Å². The monoisotopic (exact) mass is 294 g/mol. The van der Waals surface area contributed by atoms with Crippen LogP contribution in [0.5, 0.6) is 0 Å². The number of rotatable bonds is 3. The number of halogens is 1. The van der Waals surface area contributed by atoms with Gasteiger partial charge in [0.25, 0.3) is 5.56 Å². The van der Waals surface area contributed by atoms with Gasteiger partial charge in [-0.3, -0.25) is 4.79 Å². The predicted molar refractivity (Wildman–Crippen MR) is 73.6 cm³/mol. The van der Waals surface area contributed by atoms with E-state index >= 15 is 0 Å². The normalized spacial score (nSPS) is 10.3. The minimum atomic E-state index is -0.611. The van der Waals surface area contributed by atoms with E-state index in [4.69, 9.17) is 16.3 Å². The zero-order valence-corrected chi connectivity index (χ0v) is 11.3. The van der Waals surface area contributed by atoms with E-state index in [1.807, 2.05) is 0 Å². The molecule has 0 amide bonds. The Morgan fingerprint density at radius 1 is 1.35 bits per heavy atom. The highest BCUT2D eigenvalue weighted by molar-refractivity contribution is 6.33. The SMILES string of the molecule is CCOC(=O)c1cc(-n2c(=O)cc[nH]c2=O)ccc1Cl. The first-order valence-electron chi connectivity index (χ1n) is 5.82. The lowest BCUT2D eigenvalue weighted by atomic mass is 10.2. The van der Waals surface area contributed by atoms with E-state index in [0.29, 0.717) is 0 Å². The van der Waals surface area contributed by atoms with Crippen molar-refractivity contribution in [1.29, 1.82) is 0 Å². The Kier molecular flexibility index (Phi) is 4.05. The lowest BCUT2D eigenvalue weighted by Gasteiger charge is -2.08. The number of esters is 1. The van der Waals surface area contributed by atoms with Gasteiger partial charge in [-0.25, -0.2) is 14.2 Å². The average Bonchev–Trinajstić information content (AvgIpc) is 2.40. The van der Waals surface area contributed by atoms with E-state index in [-0.39, 0.29) is 22.9 Å². The summed E-state index contributed by atoms with van der Waals surface area (Å²) in [6, 6.07) is 5.46.